The summed E-state index contributed by atoms with van der Waals surface area (Å²) < 4.78 is 0. The maximum Gasteiger partial charge on any atom is 0.0404 e. The van der Waals surface area contributed by atoms with Crippen LogP contribution >= 0.6 is 11.6 Å². The third-order valence-electron chi connectivity index (χ3n) is 3.05. The molecule has 1 fully saturated rings. The molecule has 0 saturated carbocycles. The highest BCUT2D eigenvalue weighted by Crippen LogP contribution is 2.29. The van der Waals surface area contributed by atoms with Crippen LogP contribution in [0.4, 0.5) is 0 Å². The predicted octanol–water partition coefficient (Wildman–Crippen LogP) is 3.29. The van der Waals surface area contributed by atoms with Crippen molar-refractivity contribution >= 4 is 11.6 Å². The quantitative estimate of drug-likeness (QED) is 0.516. The van der Waals surface area contributed by atoms with E-state index in [2.05, 4.69) is 24.8 Å². The van der Waals surface area contributed by atoms with Crippen molar-refractivity contribution in [2.45, 2.75) is 33.1 Å². The molecule has 0 bridgehead atoms. The van der Waals surface area contributed by atoms with Crippen LogP contribution in [0.25, 0.3) is 0 Å². The molecular weight excluding hydrogens is 194 g/mol. The molecule has 0 N–H and O–H groups in total. The molecule has 1 saturated heterocycles. The Kier molecular flexibility index (Phi) is 4.97. The Morgan fingerprint density at radius 1 is 1.21 bits per heavy atom. The fourth-order valence-electron chi connectivity index (χ4n) is 1.95. The summed E-state index contributed by atoms with van der Waals surface area (Å²) in [5.74, 6) is 0.638. The highest BCUT2D eigenvalue weighted by atomic mass is 35.5. The van der Waals surface area contributed by atoms with Gasteiger partial charge in [0.05, 0.1) is 0 Å². The van der Waals surface area contributed by atoms with Gasteiger partial charge in [-0.2, -0.15) is 0 Å². The van der Waals surface area contributed by atoms with E-state index in [1.54, 1.807) is 0 Å². The smallest absolute Gasteiger partial charge is 0.0404 e. The van der Waals surface area contributed by atoms with Gasteiger partial charge in [0.25, 0.3) is 0 Å². The zero-order valence-electron chi connectivity index (χ0n) is 9.43. The zero-order valence-corrected chi connectivity index (χ0v) is 10.2. The fraction of sp³-hybridized carbons (Fsp3) is 0.833. The molecule has 1 aliphatic rings. The summed E-state index contributed by atoms with van der Waals surface area (Å²) in [5.41, 5.74) is 0.547. The monoisotopic (exact) mass is 215 g/mol. The van der Waals surface area contributed by atoms with Gasteiger partial charge in [-0.1, -0.05) is 26.0 Å². The zero-order chi connectivity index (χ0) is 10.4. The SMILES string of the molecule is CC1(C)CCCN(CC=CCCl)CC1. The molecule has 0 aliphatic carbocycles. The van der Waals surface area contributed by atoms with Gasteiger partial charge in [-0.05, 0) is 37.8 Å². The van der Waals surface area contributed by atoms with E-state index in [9.17, 15) is 0 Å². The average Bonchev–Trinajstić information content (AvgIpc) is 2.28. The highest BCUT2D eigenvalue weighted by molar-refractivity contribution is 6.18. The van der Waals surface area contributed by atoms with Crippen LogP contribution in [0.1, 0.15) is 33.1 Å². The maximum absolute atomic E-state index is 5.59. The van der Waals surface area contributed by atoms with Gasteiger partial charge in [0.1, 0.15) is 0 Å². The Hall–Kier alpha value is -0.0100. The highest BCUT2D eigenvalue weighted by Gasteiger charge is 2.22. The molecule has 0 amide bonds. The van der Waals surface area contributed by atoms with Gasteiger partial charge in [-0.15, -0.1) is 11.6 Å². The molecular formula is C12H22ClN. The number of nitrogens with zero attached hydrogens (tertiary/aromatic N) is 1. The summed E-state index contributed by atoms with van der Waals surface area (Å²) in [7, 11) is 0. The van der Waals surface area contributed by atoms with E-state index in [1.165, 1.54) is 32.4 Å². The van der Waals surface area contributed by atoms with E-state index in [0.29, 0.717) is 11.3 Å². The van der Waals surface area contributed by atoms with Gasteiger partial charge in [0, 0.05) is 12.4 Å². The molecule has 1 heterocycles. The van der Waals surface area contributed by atoms with E-state index in [-0.39, 0.29) is 0 Å². The topological polar surface area (TPSA) is 3.24 Å². The molecule has 0 aromatic heterocycles. The molecule has 82 valence electrons. The average molecular weight is 216 g/mol. The van der Waals surface area contributed by atoms with Crippen LogP contribution in [0.3, 0.4) is 0 Å². The van der Waals surface area contributed by atoms with Crippen molar-refractivity contribution in [3.05, 3.63) is 12.2 Å². The second-order valence-corrected chi connectivity index (χ2v) is 5.25. The Bertz CT molecular complexity index is 187. The normalized spacial score (nSPS) is 23.9. The van der Waals surface area contributed by atoms with Gasteiger partial charge in [-0.25, -0.2) is 0 Å². The number of hydrogen-bond donors (Lipinski definition) is 0. The van der Waals surface area contributed by atoms with Crippen molar-refractivity contribution in [2.75, 3.05) is 25.5 Å². The lowest BCUT2D eigenvalue weighted by molar-refractivity contribution is 0.281. The van der Waals surface area contributed by atoms with Crippen LogP contribution in [0.15, 0.2) is 12.2 Å². The molecule has 1 aliphatic heterocycles. The van der Waals surface area contributed by atoms with E-state index in [4.69, 9.17) is 11.6 Å². The summed E-state index contributed by atoms with van der Waals surface area (Å²) in [5, 5.41) is 0. The van der Waals surface area contributed by atoms with Gasteiger partial charge < -0.3 is 0 Å². The van der Waals surface area contributed by atoms with Crippen molar-refractivity contribution in [3.8, 4) is 0 Å². The Morgan fingerprint density at radius 3 is 2.71 bits per heavy atom. The number of hydrogen-bond acceptors (Lipinski definition) is 1. The molecule has 0 spiro atoms. The van der Waals surface area contributed by atoms with Crippen molar-refractivity contribution in [1.29, 1.82) is 0 Å². The molecule has 0 aromatic rings. The Morgan fingerprint density at radius 2 is 2.00 bits per heavy atom. The number of alkyl halides is 1. The Labute approximate surface area is 93.1 Å². The summed E-state index contributed by atoms with van der Waals surface area (Å²) in [4.78, 5) is 2.53. The molecule has 1 rings (SSSR count). The summed E-state index contributed by atoms with van der Waals surface area (Å²) in [6.45, 7) is 8.31. The van der Waals surface area contributed by atoms with Gasteiger partial charge in [-0.3, -0.25) is 4.90 Å². The predicted molar refractivity (Wildman–Crippen MR) is 63.9 cm³/mol. The molecule has 0 unspecified atom stereocenters. The van der Waals surface area contributed by atoms with E-state index < -0.39 is 0 Å². The van der Waals surface area contributed by atoms with Gasteiger partial charge in [0.2, 0.25) is 0 Å². The third kappa shape index (κ3) is 4.47. The van der Waals surface area contributed by atoms with Crippen molar-refractivity contribution in [3.63, 3.8) is 0 Å². The summed E-state index contributed by atoms with van der Waals surface area (Å²) >= 11 is 5.59. The fourth-order valence-corrected chi connectivity index (χ4v) is 2.07. The first-order valence-corrected chi connectivity index (χ1v) is 6.11. The lowest BCUT2D eigenvalue weighted by atomic mass is 9.85. The lowest BCUT2D eigenvalue weighted by Crippen LogP contribution is -2.25. The van der Waals surface area contributed by atoms with E-state index in [1.807, 2.05) is 6.08 Å². The largest absolute Gasteiger partial charge is 0.300 e. The minimum Gasteiger partial charge on any atom is -0.300 e. The van der Waals surface area contributed by atoms with E-state index in [0.717, 1.165) is 6.54 Å². The van der Waals surface area contributed by atoms with Crippen LogP contribution < -0.4 is 0 Å². The first-order chi connectivity index (χ1) is 6.64. The molecule has 0 aromatic carbocycles. The third-order valence-corrected chi connectivity index (χ3v) is 3.23. The van der Waals surface area contributed by atoms with Crippen molar-refractivity contribution in [1.82, 2.24) is 4.90 Å². The Balaban J connectivity index is 2.31. The number of likely N-dealkylation sites (tertiary alicyclic amines) is 1. The molecule has 0 atom stereocenters. The minimum atomic E-state index is 0.547. The standard InChI is InChI=1S/C12H22ClN/c1-12(2)6-5-10-14(11-7-12)9-4-3-8-13/h3-4H,5-11H2,1-2H3. The van der Waals surface area contributed by atoms with Crippen molar-refractivity contribution < 1.29 is 0 Å². The number of rotatable bonds is 3. The first kappa shape index (κ1) is 12.1. The second-order valence-electron chi connectivity index (χ2n) is 4.94. The minimum absolute atomic E-state index is 0.547. The summed E-state index contributed by atoms with van der Waals surface area (Å²) in [6.07, 6.45) is 8.25. The van der Waals surface area contributed by atoms with E-state index >= 15 is 0 Å². The number of allylic oxidation sites excluding steroid dienone is 1. The van der Waals surface area contributed by atoms with Crippen LogP contribution in [0, 0.1) is 5.41 Å². The van der Waals surface area contributed by atoms with Gasteiger partial charge in [0.15, 0.2) is 0 Å². The maximum atomic E-state index is 5.59. The number of halogens is 1. The van der Waals surface area contributed by atoms with Crippen LogP contribution in [-0.2, 0) is 0 Å². The van der Waals surface area contributed by atoms with Crippen LogP contribution in [-0.4, -0.2) is 30.4 Å². The molecule has 14 heavy (non-hydrogen) atoms. The lowest BCUT2D eigenvalue weighted by Gasteiger charge is -2.22. The molecule has 1 nitrogen and oxygen atoms in total. The van der Waals surface area contributed by atoms with Crippen molar-refractivity contribution in [2.24, 2.45) is 5.41 Å². The molecule has 2 heteroatoms. The molecule has 0 radical (unpaired) electrons. The second kappa shape index (κ2) is 5.77. The van der Waals surface area contributed by atoms with Crippen LogP contribution in [0.2, 0.25) is 0 Å². The van der Waals surface area contributed by atoms with Gasteiger partial charge >= 0.3 is 0 Å². The van der Waals surface area contributed by atoms with Crippen LogP contribution in [0.5, 0.6) is 0 Å². The first-order valence-electron chi connectivity index (χ1n) is 5.57. The summed E-state index contributed by atoms with van der Waals surface area (Å²) in [6, 6.07) is 0.